The quantitative estimate of drug-likeness (QED) is 0.641. The average Bonchev–Trinajstić information content (AvgIpc) is 2.76. The third kappa shape index (κ3) is 6.21. The van der Waals surface area contributed by atoms with Gasteiger partial charge < -0.3 is 15.0 Å². The fraction of sp³-hybridized carbons (Fsp3) is 0.562. The second-order valence-corrected chi connectivity index (χ2v) is 9.79. The molecule has 0 unspecified atom stereocenters. The van der Waals surface area contributed by atoms with Crippen molar-refractivity contribution in [2.24, 2.45) is 0 Å². The molecular formula is C16H22Br2N2O2S. The van der Waals surface area contributed by atoms with Crippen molar-refractivity contribution in [2.75, 3.05) is 19.6 Å². The van der Waals surface area contributed by atoms with Gasteiger partial charge in [0.25, 0.3) is 0 Å². The highest BCUT2D eigenvalue weighted by molar-refractivity contribution is 9.13. The minimum atomic E-state index is -0.439. The zero-order valence-electron chi connectivity index (χ0n) is 13.6. The van der Waals surface area contributed by atoms with Crippen molar-refractivity contribution in [1.29, 1.82) is 0 Å². The Morgan fingerprint density at radius 2 is 2.13 bits per heavy atom. The SMILES string of the molecule is CC(C)(C)OC(=O)N1CC=C(CNCc2cc(Br)c(Br)s2)CC1. The lowest BCUT2D eigenvalue weighted by Crippen LogP contribution is -2.39. The maximum atomic E-state index is 12.0. The summed E-state index contributed by atoms with van der Waals surface area (Å²) in [6, 6.07) is 2.13. The van der Waals surface area contributed by atoms with Crippen molar-refractivity contribution in [1.82, 2.24) is 10.2 Å². The average molecular weight is 466 g/mol. The fourth-order valence-electron chi connectivity index (χ4n) is 2.19. The highest BCUT2D eigenvalue weighted by Crippen LogP contribution is 2.32. The molecule has 0 radical (unpaired) electrons. The van der Waals surface area contributed by atoms with Gasteiger partial charge in [0.15, 0.2) is 0 Å². The molecule has 2 heterocycles. The molecule has 1 aliphatic rings. The second-order valence-electron chi connectivity index (χ2n) is 6.48. The number of rotatable bonds is 4. The van der Waals surface area contributed by atoms with E-state index in [1.807, 2.05) is 20.8 Å². The Labute approximate surface area is 158 Å². The van der Waals surface area contributed by atoms with Crippen molar-refractivity contribution in [3.05, 3.63) is 30.9 Å². The lowest BCUT2D eigenvalue weighted by Gasteiger charge is -2.29. The molecule has 128 valence electrons. The van der Waals surface area contributed by atoms with E-state index in [9.17, 15) is 4.79 Å². The molecule has 0 fully saturated rings. The topological polar surface area (TPSA) is 41.6 Å². The van der Waals surface area contributed by atoms with Gasteiger partial charge >= 0.3 is 6.09 Å². The third-order valence-electron chi connectivity index (χ3n) is 3.30. The first-order valence-electron chi connectivity index (χ1n) is 7.55. The Morgan fingerprint density at radius 1 is 1.39 bits per heavy atom. The van der Waals surface area contributed by atoms with Gasteiger partial charge in [0.2, 0.25) is 0 Å². The van der Waals surface area contributed by atoms with E-state index in [0.29, 0.717) is 6.54 Å². The monoisotopic (exact) mass is 464 g/mol. The molecule has 0 saturated carbocycles. The molecule has 1 aromatic rings. The minimum Gasteiger partial charge on any atom is -0.444 e. The Balaban J connectivity index is 1.75. The van der Waals surface area contributed by atoms with Crippen LogP contribution in [0.1, 0.15) is 32.1 Å². The summed E-state index contributed by atoms with van der Waals surface area (Å²) >= 11 is 8.74. The summed E-state index contributed by atoms with van der Waals surface area (Å²) in [5.74, 6) is 0. The molecule has 0 aliphatic carbocycles. The summed E-state index contributed by atoms with van der Waals surface area (Å²) < 4.78 is 7.62. The van der Waals surface area contributed by atoms with Gasteiger partial charge in [-0.25, -0.2) is 4.79 Å². The van der Waals surface area contributed by atoms with Gasteiger partial charge in [0.1, 0.15) is 5.60 Å². The van der Waals surface area contributed by atoms with Crippen LogP contribution in [0.15, 0.2) is 26.0 Å². The summed E-state index contributed by atoms with van der Waals surface area (Å²) in [6.45, 7) is 8.72. The fourth-order valence-corrected chi connectivity index (χ4v) is 4.34. The first-order valence-corrected chi connectivity index (χ1v) is 9.95. The Hall–Kier alpha value is -0.370. The number of hydrogen-bond donors (Lipinski definition) is 1. The molecule has 0 saturated heterocycles. The summed E-state index contributed by atoms with van der Waals surface area (Å²) in [7, 11) is 0. The first-order chi connectivity index (χ1) is 10.7. The number of halogens is 2. The van der Waals surface area contributed by atoms with Crippen LogP contribution in [0.2, 0.25) is 0 Å². The highest BCUT2D eigenvalue weighted by atomic mass is 79.9. The molecule has 0 spiro atoms. The molecule has 0 bridgehead atoms. The van der Waals surface area contributed by atoms with Gasteiger partial charge in [0, 0.05) is 35.5 Å². The molecular weight excluding hydrogens is 444 g/mol. The number of hydrogen-bond acceptors (Lipinski definition) is 4. The largest absolute Gasteiger partial charge is 0.444 e. The van der Waals surface area contributed by atoms with Crippen LogP contribution in [0, 0.1) is 0 Å². The maximum absolute atomic E-state index is 12.0. The standard InChI is InChI=1S/C16H22Br2N2O2S/c1-16(2,3)22-15(21)20-6-4-11(5-7-20)9-19-10-12-8-13(17)14(18)23-12/h4,8,19H,5-7,9-10H2,1-3H3. The number of carbonyl (C=O) groups is 1. The van der Waals surface area contributed by atoms with Crippen LogP contribution in [0.4, 0.5) is 4.79 Å². The van der Waals surface area contributed by atoms with E-state index < -0.39 is 5.60 Å². The lowest BCUT2D eigenvalue weighted by molar-refractivity contribution is 0.0265. The Morgan fingerprint density at radius 3 is 2.65 bits per heavy atom. The predicted molar refractivity (Wildman–Crippen MR) is 102 cm³/mol. The molecule has 1 amide bonds. The summed E-state index contributed by atoms with van der Waals surface area (Å²) in [5.41, 5.74) is 0.908. The normalized spacial score (nSPS) is 15.5. The molecule has 0 aromatic carbocycles. The first kappa shape index (κ1) is 19.0. The maximum Gasteiger partial charge on any atom is 0.410 e. The summed E-state index contributed by atoms with van der Waals surface area (Å²) in [6.07, 6.45) is 2.79. The molecule has 1 N–H and O–H groups in total. The smallest absolute Gasteiger partial charge is 0.410 e. The zero-order chi connectivity index (χ0) is 17.0. The molecule has 23 heavy (non-hydrogen) atoms. The number of nitrogens with zero attached hydrogens (tertiary/aromatic N) is 1. The van der Waals surface area contributed by atoms with Crippen molar-refractivity contribution in [3.63, 3.8) is 0 Å². The van der Waals surface area contributed by atoms with Crippen LogP contribution in [-0.2, 0) is 11.3 Å². The molecule has 7 heteroatoms. The van der Waals surface area contributed by atoms with Crippen molar-refractivity contribution >= 4 is 49.3 Å². The minimum absolute atomic E-state index is 0.228. The predicted octanol–water partition coefficient (Wildman–Crippen LogP) is 4.93. The van der Waals surface area contributed by atoms with Gasteiger partial charge in [-0.15, -0.1) is 11.3 Å². The van der Waals surface area contributed by atoms with E-state index in [4.69, 9.17) is 4.74 Å². The molecule has 4 nitrogen and oxygen atoms in total. The summed E-state index contributed by atoms with van der Waals surface area (Å²) in [4.78, 5) is 15.0. The van der Waals surface area contributed by atoms with Crippen LogP contribution < -0.4 is 5.32 Å². The van der Waals surface area contributed by atoms with Crippen LogP contribution >= 0.6 is 43.2 Å². The second kappa shape index (κ2) is 8.14. The van der Waals surface area contributed by atoms with E-state index in [1.165, 1.54) is 10.5 Å². The number of thiophene rings is 1. The number of carbonyl (C=O) groups excluding carboxylic acids is 1. The van der Waals surface area contributed by atoms with Crippen LogP contribution in [0.5, 0.6) is 0 Å². The van der Waals surface area contributed by atoms with E-state index >= 15 is 0 Å². The van der Waals surface area contributed by atoms with Crippen LogP contribution in [0.3, 0.4) is 0 Å². The van der Waals surface area contributed by atoms with Crippen molar-refractivity contribution in [2.45, 2.75) is 39.3 Å². The van der Waals surface area contributed by atoms with Crippen LogP contribution in [-0.4, -0.2) is 36.2 Å². The van der Waals surface area contributed by atoms with Crippen molar-refractivity contribution < 1.29 is 9.53 Å². The van der Waals surface area contributed by atoms with Gasteiger partial charge in [0.05, 0.1) is 3.79 Å². The van der Waals surface area contributed by atoms with E-state index in [1.54, 1.807) is 16.2 Å². The third-order valence-corrected chi connectivity index (χ3v) is 6.56. The zero-order valence-corrected chi connectivity index (χ0v) is 17.6. The number of amides is 1. The Kier molecular flexibility index (Phi) is 6.71. The lowest BCUT2D eigenvalue weighted by atomic mass is 10.1. The van der Waals surface area contributed by atoms with Crippen LogP contribution in [0.25, 0.3) is 0 Å². The van der Waals surface area contributed by atoms with Gasteiger partial charge in [-0.1, -0.05) is 11.6 Å². The molecule has 2 rings (SSSR count). The van der Waals surface area contributed by atoms with Gasteiger partial charge in [-0.3, -0.25) is 0 Å². The summed E-state index contributed by atoms with van der Waals surface area (Å²) in [5, 5.41) is 3.46. The van der Waals surface area contributed by atoms with E-state index in [-0.39, 0.29) is 6.09 Å². The van der Waals surface area contributed by atoms with E-state index in [0.717, 1.165) is 34.3 Å². The van der Waals surface area contributed by atoms with Gasteiger partial charge in [-0.05, 0) is 65.1 Å². The molecule has 0 atom stereocenters. The Bertz CT molecular complexity index is 574. The molecule has 1 aliphatic heterocycles. The highest BCUT2D eigenvalue weighted by Gasteiger charge is 2.23. The van der Waals surface area contributed by atoms with E-state index in [2.05, 4.69) is 49.3 Å². The number of ether oxygens (including phenoxy) is 1. The number of nitrogens with one attached hydrogen (secondary N) is 1. The van der Waals surface area contributed by atoms with Gasteiger partial charge in [-0.2, -0.15) is 0 Å². The molecule has 1 aromatic heterocycles. The van der Waals surface area contributed by atoms with Crippen molar-refractivity contribution in [3.8, 4) is 0 Å².